The summed E-state index contributed by atoms with van der Waals surface area (Å²) < 4.78 is 5.28. The zero-order valence-corrected chi connectivity index (χ0v) is 9.47. The van der Waals surface area contributed by atoms with E-state index in [1.165, 1.54) is 0 Å². The molecule has 2 rings (SSSR count). The summed E-state index contributed by atoms with van der Waals surface area (Å²) in [7, 11) is 0. The third kappa shape index (κ3) is 2.46. The minimum Gasteiger partial charge on any atom is -0.461 e. The summed E-state index contributed by atoms with van der Waals surface area (Å²) in [6.45, 7) is 3.91. The summed E-state index contributed by atoms with van der Waals surface area (Å²) in [6, 6.07) is 5.73. The van der Waals surface area contributed by atoms with Crippen molar-refractivity contribution in [3.8, 4) is 11.6 Å². The molecule has 1 unspecified atom stereocenters. The second-order valence-electron chi connectivity index (χ2n) is 3.98. The molecule has 0 radical (unpaired) electrons. The van der Waals surface area contributed by atoms with Crippen LogP contribution in [0, 0.1) is 6.92 Å². The van der Waals surface area contributed by atoms with Gasteiger partial charge in [0.2, 0.25) is 0 Å². The summed E-state index contributed by atoms with van der Waals surface area (Å²) in [6.07, 6.45) is 2.36. The summed E-state index contributed by atoms with van der Waals surface area (Å²) in [5.74, 6) is 1.32. The van der Waals surface area contributed by atoms with Gasteiger partial charge < -0.3 is 10.2 Å². The minimum atomic E-state index is 0.0961. The predicted octanol–water partition coefficient (Wildman–Crippen LogP) is 1.93. The van der Waals surface area contributed by atoms with Crippen LogP contribution in [0.25, 0.3) is 11.6 Å². The number of aromatic nitrogens is 2. The number of nitrogens with zero attached hydrogens (tertiary/aromatic N) is 2. The Kier molecular flexibility index (Phi) is 3.01. The summed E-state index contributed by atoms with van der Waals surface area (Å²) in [5, 5.41) is 0. The second kappa shape index (κ2) is 4.45. The monoisotopic (exact) mass is 217 g/mol. The maximum absolute atomic E-state index is 5.76. The lowest BCUT2D eigenvalue weighted by Crippen LogP contribution is -2.18. The van der Waals surface area contributed by atoms with Gasteiger partial charge in [0.25, 0.3) is 0 Å². The number of hydrogen-bond donors (Lipinski definition) is 1. The Morgan fingerprint density at radius 2 is 2.25 bits per heavy atom. The molecule has 0 aromatic carbocycles. The molecule has 4 heteroatoms. The Labute approximate surface area is 94.5 Å². The van der Waals surface area contributed by atoms with Crippen LogP contribution >= 0.6 is 0 Å². The number of rotatable bonds is 3. The van der Waals surface area contributed by atoms with Crippen molar-refractivity contribution in [2.45, 2.75) is 26.3 Å². The Bertz CT molecular complexity index is 463. The molecule has 0 bridgehead atoms. The number of furan rings is 1. The van der Waals surface area contributed by atoms with Gasteiger partial charge in [0, 0.05) is 23.9 Å². The van der Waals surface area contributed by atoms with Gasteiger partial charge in [0.15, 0.2) is 11.6 Å². The van der Waals surface area contributed by atoms with Crippen LogP contribution in [0.2, 0.25) is 0 Å². The molecule has 2 aromatic rings. The lowest BCUT2D eigenvalue weighted by atomic mass is 10.1. The maximum atomic E-state index is 5.76. The lowest BCUT2D eigenvalue weighted by molar-refractivity contribution is 0.576. The van der Waals surface area contributed by atoms with Crippen LogP contribution in [0.1, 0.15) is 18.3 Å². The minimum absolute atomic E-state index is 0.0961. The summed E-state index contributed by atoms with van der Waals surface area (Å²) in [5.41, 5.74) is 7.64. The highest BCUT2D eigenvalue weighted by atomic mass is 16.3. The molecule has 0 amide bonds. The topological polar surface area (TPSA) is 64.9 Å². The van der Waals surface area contributed by atoms with E-state index < -0.39 is 0 Å². The first-order valence-electron chi connectivity index (χ1n) is 5.29. The lowest BCUT2D eigenvalue weighted by Gasteiger charge is -2.06. The van der Waals surface area contributed by atoms with Crippen LogP contribution < -0.4 is 5.73 Å². The predicted molar refractivity (Wildman–Crippen MR) is 61.8 cm³/mol. The van der Waals surface area contributed by atoms with E-state index in [0.29, 0.717) is 11.6 Å². The fourth-order valence-electron chi connectivity index (χ4n) is 1.58. The first-order chi connectivity index (χ1) is 7.65. The maximum Gasteiger partial charge on any atom is 0.196 e. The first-order valence-corrected chi connectivity index (χ1v) is 5.29. The molecule has 1 atom stereocenters. The zero-order valence-electron chi connectivity index (χ0n) is 9.47. The van der Waals surface area contributed by atoms with E-state index in [9.17, 15) is 0 Å². The quantitative estimate of drug-likeness (QED) is 0.853. The first kappa shape index (κ1) is 10.8. The van der Waals surface area contributed by atoms with Crippen LogP contribution in [0.4, 0.5) is 0 Å². The molecule has 2 N–H and O–H groups in total. The van der Waals surface area contributed by atoms with Gasteiger partial charge in [-0.1, -0.05) is 0 Å². The Balaban J connectivity index is 2.36. The highest BCUT2D eigenvalue weighted by Crippen LogP contribution is 2.16. The van der Waals surface area contributed by atoms with Crippen molar-refractivity contribution in [1.29, 1.82) is 0 Å². The standard InChI is InChI=1S/C12H15N3O/c1-8(13)6-10-7-9(2)14-12(15-10)11-4-3-5-16-11/h3-5,7-8H,6,13H2,1-2H3. The molecule has 2 heterocycles. The fourth-order valence-corrected chi connectivity index (χ4v) is 1.58. The molecular weight excluding hydrogens is 202 g/mol. The van der Waals surface area contributed by atoms with Crippen molar-refractivity contribution in [2.75, 3.05) is 0 Å². The Morgan fingerprint density at radius 3 is 2.88 bits per heavy atom. The van der Waals surface area contributed by atoms with Gasteiger partial charge in [-0.2, -0.15) is 0 Å². The molecule has 84 valence electrons. The van der Waals surface area contributed by atoms with Crippen molar-refractivity contribution >= 4 is 0 Å². The SMILES string of the molecule is Cc1cc(CC(C)N)nc(-c2ccco2)n1. The van der Waals surface area contributed by atoms with Gasteiger partial charge in [0.05, 0.1) is 6.26 Å². The molecule has 4 nitrogen and oxygen atoms in total. The third-order valence-corrected chi connectivity index (χ3v) is 2.18. The van der Waals surface area contributed by atoms with Crippen LogP contribution in [-0.2, 0) is 6.42 Å². The summed E-state index contributed by atoms with van der Waals surface area (Å²) >= 11 is 0. The second-order valence-corrected chi connectivity index (χ2v) is 3.98. The average molecular weight is 217 g/mol. The fraction of sp³-hybridized carbons (Fsp3) is 0.333. The van der Waals surface area contributed by atoms with Gasteiger partial charge in [-0.3, -0.25) is 0 Å². The van der Waals surface area contributed by atoms with Crippen LogP contribution in [0.15, 0.2) is 28.9 Å². The Morgan fingerprint density at radius 1 is 1.44 bits per heavy atom. The number of nitrogens with two attached hydrogens (primary N) is 1. The van der Waals surface area contributed by atoms with E-state index >= 15 is 0 Å². The highest BCUT2D eigenvalue weighted by Gasteiger charge is 2.08. The largest absolute Gasteiger partial charge is 0.461 e. The average Bonchev–Trinajstić information content (AvgIpc) is 2.67. The van der Waals surface area contributed by atoms with Crippen molar-refractivity contribution in [3.05, 3.63) is 35.9 Å². The molecule has 0 aliphatic rings. The van der Waals surface area contributed by atoms with Crippen molar-refractivity contribution < 1.29 is 4.42 Å². The van der Waals surface area contributed by atoms with E-state index in [4.69, 9.17) is 10.2 Å². The molecule has 0 fully saturated rings. The van der Waals surface area contributed by atoms with Gasteiger partial charge >= 0.3 is 0 Å². The number of hydrogen-bond acceptors (Lipinski definition) is 4. The van der Waals surface area contributed by atoms with Crippen molar-refractivity contribution in [2.24, 2.45) is 5.73 Å². The van der Waals surface area contributed by atoms with E-state index in [2.05, 4.69) is 9.97 Å². The van der Waals surface area contributed by atoms with Crippen LogP contribution in [0.3, 0.4) is 0 Å². The van der Waals surface area contributed by atoms with Gasteiger partial charge in [-0.05, 0) is 32.0 Å². The van der Waals surface area contributed by atoms with E-state index in [0.717, 1.165) is 17.8 Å². The molecule has 0 spiro atoms. The van der Waals surface area contributed by atoms with E-state index in [1.54, 1.807) is 6.26 Å². The third-order valence-electron chi connectivity index (χ3n) is 2.18. The van der Waals surface area contributed by atoms with Crippen molar-refractivity contribution in [1.82, 2.24) is 9.97 Å². The number of aryl methyl sites for hydroxylation is 1. The molecule has 0 aliphatic heterocycles. The smallest absolute Gasteiger partial charge is 0.196 e. The van der Waals surface area contributed by atoms with Crippen LogP contribution in [0.5, 0.6) is 0 Å². The van der Waals surface area contributed by atoms with Gasteiger partial charge in [-0.15, -0.1) is 0 Å². The Hall–Kier alpha value is -1.68. The van der Waals surface area contributed by atoms with E-state index in [-0.39, 0.29) is 6.04 Å². The van der Waals surface area contributed by atoms with E-state index in [1.807, 2.05) is 32.0 Å². The highest BCUT2D eigenvalue weighted by molar-refractivity contribution is 5.46. The van der Waals surface area contributed by atoms with Crippen LogP contribution in [-0.4, -0.2) is 16.0 Å². The molecule has 0 saturated carbocycles. The van der Waals surface area contributed by atoms with Crippen molar-refractivity contribution in [3.63, 3.8) is 0 Å². The zero-order chi connectivity index (χ0) is 11.5. The van der Waals surface area contributed by atoms with Gasteiger partial charge in [-0.25, -0.2) is 9.97 Å². The molecule has 16 heavy (non-hydrogen) atoms. The molecule has 0 saturated heterocycles. The summed E-state index contributed by atoms with van der Waals surface area (Å²) in [4.78, 5) is 8.77. The normalized spacial score (nSPS) is 12.7. The van der Waals surface area contributed by atoms with Gasteiger partial charge in [0.1, 0.15) is 0 Å². The molecule has 2 aromatic heterocycles. The molecule has 0 aliphatic carbocycles. The molecular formula is C12H15N3O.